The topological polar surface area (TPSA) is 127 Å². The first kappa shape index (κ1) is 19.0. The number of amides is 2. The summed E-state index contributed by atoms with van der Waals surface area (Å²) in [6.07, 6.45) is 7.49. The second kappa shape index (κ2) is 8.76. The van der Waals surface area contributed by atoms with Gasteiger partial charge in [0.05, 0.1) is 18.3 Å². The smallest absolute Gasteiger partial charge is 0.273 e. The maximum Gasteiger partial charge on any atom is 0.273 e. The van der Waals surface area contributed by atoms with Crippen LogP contribution in [0.25, 0.3) is 0 Å². The lowest BCUT2D eigenvalue weighted by Crippen LogP contribution is -2.50. The van der Waals surface area contributed by atoms with Gasteiger partial charge in [-0.2, -0.15) is 15.4 Å². The van der Waals surface area contributed by atoms with E-state index >= 15 is 0 Å². The maximum atomic E-state index is 12.5. The van der Waals surface area contributed by atoms with Gasteiger partial charge in [-0.05, 0) is 19.3 Å². The summed E-state index contributed by atoms with van der Waals surface area (Å²) >= 11 is 0. The molecule has 0 radical (unpaired) electrons. The van der Waals surface area contributed by atoms with Crippen LogP contribution >= 0.6 is 0 Å². The third-order valence-electron chi connectivity index (χ3n) is 4.99. The number of imidazole rings is 1. The van der Waals surface area contributed by atoms with Crippen molar-refractivity contribution in [3.63, 3.8) is 0 Å². The molecule has 3 rings (SSSR count). The van der Waals surface area contributed by atoms with E-state index in [-0.39, 0.29) is 35.6 Å². The number of hydrogen-bond donors (Lipinski definition) is 3. The van der Waals surface area contributed by atoms with Crippen LogP contribution in [0.1, 0.15) is 35.6 Å². The Hall–Kier alpha value is -2.75. The number of rotatable bonds is 7. The molecule has 1 aliphatic rings. The largest absolute Gasteiger partial charge is 0.379 e. The lowest BCUT2D eigenvalue weighted by atomic mass is 9.83. The molecule has 3 atom stereocenters. The zero-order chi connectivity index (χ0) is 19.2. The predicted molar refractivity (Wildman–Crippen MR) is 95.7 cm³/mol. The summed E-state index contributed by atoms with van der Waals surface area (Å²) in [4.78, 5) is 29.0. The molecule has 2 heterocycles. The van der Waals surface area contributed by atoms with Gasteiger partial charge in [-0.25, -0.2) is 4.98 Å². The van der Waals surface area contributed by atoms with Crippen molar-refractivity contribution in [2.75, 3.05) is 13.7 Å². The van der Waals surface area contributed by atoms with Crippen molar-refractivity contribution in [1.29, 1.82) is 0 Å². The standard InChI is InChI=1S/C17H25N7O3/c1-24-8-7-18-15(24)5-6-19-16(25)11-3-4-14(27-2)12(9-11)21-17(26)13-10-20-23-22-13/h7-8,10-12,14H,3-6,9H2,1-2H3,(H,19,25)(H,21,26)(H,20,22,23)/t11-,12+,14+/m0/s1. The molecule has 0 bridgehead atoms. The second-order valence-electron chi connectivity index (χ2n) is 6.71. The number of nitrogens with one attached hydrogen (secondary N) is 3. The number of ether oxygens (including phenoxy) is 1. The molecule has 0 unspecified atom stereocenters. The van der Waals surface area contributed by atoms with Crippen LogP contribution < -0.4 is 10.6 Å². The van der Waals surface area contributed by atoms with Crippen molar-refractivity contribution >= 4 is 11.8 Å². The summed E-state index contributed by atoms with van der Waals surface area (Å²) in [5.41, 5.74) is 0.214. The number of hydrogen-bond acceptors (Lipinski definition) is 6. The van der Waals surface area contributed by atoms with E-state index in [1.807, 2.05) is 17.8 Å². The average Bonchev–Trinajstić information content (AvgIpc) is 3.34. The van der Waals surface area contributed by atoms with E-state index in [0.29, 0.717) is 25.8 Å². The number of nitrogens with zero attached hydrogens (tertiary/aromatic N) is 4. The van der Waals surface area contributed by atoms with Crippen LogP contribution in [0.4, 0.5) is 0 Å². The normalized spacial score (nSPS) is 22.4. The molecule has 2 aromatic rings. The average molecular weight is 375 g/mol. The Bertz CT molecular complexity index is 758. The summed E-state index contributed by atoms with van der Waals surface area (Å²) in [6.45, 7) is 0.532. The molecule has 27 heavy (non-hydrogen) atoms. The number of H-pyrrole nitrogens is 1. The van der Waals surface area contributed by atoms with Gasteiger partial charge in [-0.1, -0.05) is 0 Å². The third-order valence-corrected chi connectivity index (χ3v) is 4.99. The Morgan fingerprint density at radius 3 is 2.93 bits per heavy atom. The van der Waals surface area contributed by atoms with Gasteiger partial charge < -0.3 is 19.9 Å². The zero-order valence-corrected chi connectivity index (χ0v) is 15.5. The molecule has 3 N–H and O–H groups in total. The van der Waals surface area contributed by atoms with E-state index in [9.17, 15) is 9.59 Å². The molecule has 0 aliphatic heterocycles. The quantitative estimate of drug-likeness (QED) is 0.616. The Morgan fingerprint density at radius 2 is 2.26 bits per heavy atom. The molecule has 146 valence electrons. The highest BCUT2D eigenvalue weighted by Crippen LogP contribution is 2.27. The fraction of sp³-hybridized carbons (Fsp3) is 0.588. The van der Waals surface area contributed by atoms with E-state index in [1.54, 1.807) is 13.3 Å². The van der Waals surface area contributed by atoms with Gasteiger partial charge in [0, 0.05) is 45.4 Å². The molecule has 0 aromatic carbocycles. The van der Waals surface area contributed by atoms with Crippen LogP contribution in [0.15, 0.2) is 18.6 Å². The minimum absolute atomic E-state index is 0.000512. The van der Waals surface area contributed by atoms with Gasteiger partial charge in [0.2, 0.25) is 5.91 Å². The van der Waals surface area contributed by atoms with E-state index in [1.165, 1.54) is 6.20 Å². The molecular weight excluding hydrogens is 350 g/mol. The van der Waals surface area contributed by atoms with Crippen molar-refractivity contribution < 1.29 is 14.3 Å². The van der Waals surface area contributed by atoms with Crippen molar-refractivity contribution in [3.05, 3.63) is 30.1 Å². The van der Waals surface area contributed by atoms with Crippen LogP contribution in [0.3, 0.4) is 0 Å². The summed E-state index contributed by atoms with van der Waals surface area (Å²) < 4.78 is 7.43. The summed E-state index contributed by atoms with van der Waals surface area (Å²) in [7, 11) is 3.55. The maximum absolute atomic E-state index is 12.5. The van der Waals surface area contributed by atoms with Gasteiger partial charge >= 0.3 is 0 Å². The van der Waals surface area contributed by atoms with Crippen molar-refractivity contribution in [2.24, 2.45) is 13.0 Å². The minimum Gasteiger partial charge on any atom is -0.379 e. The fourth-order valence-corrected chi connectivity index (χ4v) is 3.45. The summed E-state index contributed by atoms with van der Waals surface area (Å²) in [5, 5.41) is 15.7. The molecule has 0 spiro atoms. The highest BCUT2D eigenvalue weighted by molar-refractivity contribution is 5.92. The van der Waals surface area contributed by atoms with Crippen LogP contribution in [-0.2, 0) is 23.0 Å². The molecule has 10 nitrogen and oxygen atoms in total. The number of carbonyl (C=O) groups excluding carboxylic acids is 2. The number of aryl methyl sites for hydroxylation is 1. The number of aromatic nitrogens is 5. The Kier molecular flexibility index (Phi) is 6.17. The minimum atomic E-state index is -0.327. The van der Waals surface area contributed by atoms with Crippen LogP contribution in [0.2, 0.25) is 0 Å². The first-order chi connectivity index (χ1) is 13.1. The number of aromatic amines is 1. The van der Waals surface area contributed by atoms with Gasteiger partial charge in [0.15, 0.2) is 5.69 Å². The SMILES string of the molecule is CO[C@@H]1CC[C@H](C(=O)NCCc2nccn2C)C[C@H]1NC(=O)c1cn[nH]n1. The fourth-order valence-electron chi connectivity index (χ4n) is 3.45. The monoisotopic (exact) mass is 375 g/mol. The second-order valence-corrected chi connectivity index (χ2v) is 6.71. The highest BCUT2D eigenvalue weighted by atomic mass is 16.5. The van der Waals surface area contributed by atoms with Crippen molar-refractivity contribution in [3.8, 4) is 0 Å². The Morgan fingerprint density at radius 1 is 1.41 bits per heavy atom. The van der Waals surface area contributed by atoms with E-state index in [0.717, 1.165) is 12.2 Å². The van der Waals surface area contributed by atoms with Crippen LogP contribution in [0.5, 0.6) is 0 Å². The van der Waals surface area contributed by atoms with E-state index < -0.39 is 0 Å². The molecule has 1 fully saturated rings. The van der Waals surface area contributed by atoms with Gasteiger partial charge in [-0.15, -0.1) is 0 Å². The molecule has 2 amide bonds. The van der Waals surface area contributed by atoms with Crippen LogP contribution in [0, 0.1) is 5.92 Å². The van der Waals surface area contributed by atoms with Gasteiger partial charge in [0.25, 0.3) is 5.91 Å². The summed E-state index contributed by atoms with van der Waals surface area (Å²) in [5.74, 6) is 0.433. The zero-order valence-electron chi connectivity index (χ0n) is 15.5. The molecular formula is C17H25N7O3. The van der Waals surface area contributed by atoms with Crippen molar-refractivity contribution in [1.82, 2.24) is 35.6 Å². The van der Waals surface area contributed by atoms with Gasteiger partial charge in [-0.3, -0.25) is 9.59 Å². The Balaban J connectivity index is 1.52. The van der Waals surface area contributed by atoms with Crippen LogP contribution in [-0.4, -0.2) is 62.6 Å². The van der Waals surface area contributed by atoms with E-state index in [4.69, 9.17) is 4.74 Å². The molecule has 1 saturated carbocycles. The number of methoxy groups -OCH3 is 1. The predicted octanol–water partition coefficient (Wildman–Crippen LogP) is -0.189. The lowest BCUT2D eigenvalue weighted by molar-refractivity contribution is -0.127. The summed E-state index contributed by atoms with van der Waals surface area (Å²) in [6, 6.07) is -0.252. The molecule has 2 aromatic heterocycles. The Labute approximate surface area is 157 Å². The molecule has 0 saturated heterocycles. The third kappa shape index (κ3) is 4.70. The molecule has 1 aliphatic carbocycles. The highest BCUT2D eigenvalue weighted by Gasteiger charge is 2.35. The number of carbonyl (C=O) groups is 2. The van der Waals surface area contributed by atoms with Crippen molar-refractivity contribution in [2.45, 2.75) is 37.8 Å². The molecule has 10 heteroatoms. The first-order valence-electron chi connectivity index (χ1n) is 9.01. The van der Waals surface area contributed by atoms with Gasteiger partial charge in [0.1, 0.15) is 5.82 Å². The first-order valence-corrected chi connectivity index (χ1v) is 9.01. The van der Waals surface area contributed by atoms with E-state index in [2.05, 4.69) is 31.0 Å². The lowest BCUT2D eigenvalue weighted by Gasteiger charge is -2.35.